The molecule has 5 heterocycles. The summed E-state index contributed by atoms with van der Waals surface area (Å²) in [6, 6.07) is 7.06. The number of methoxy groups -OCH3 is 1. The van der Waals surface area contributed by atoms with Gasteiger partial charge in [-0.05, 0) is 48.6 Å². The third-order valence-corrected chi connectivity index (χ3v) is 11.7. The molecule has 1 aromatic carbocycles. The van der Waals surface area contributed by atoms with Gasteiger partial charge in [-0.3, -0.25) is 4.79 Å². The highest BCUT2D eigenvalue weighted by atomic mass is 32.2. The van der Waals surface area contributed by atoms with Crippen LogP contribution >= 0.6 is 11.3 Å². The number of fused-ring (bicyclic) bond motifs is 1. The van der Waals surface area contributed by atoms with Crippen LogP contribution in [-0.4, -0.2) is 100 Å². The van der Waals surface area contributed by atoms with E-state index >= 15 is 0 Å². The maximum absolute atomic E-state index is 14.2. The fraction of sp³-hybridized carbons (Fsp3) is 0.500. The van der Waals surface area contributed by atoms with Gasteiger partial charge in [0, 0.05) is 56.9 Å². The summed E-state index contributed by atoms with van der Waals surface area (Å²) in [5.74, 6) is -0.621. The van der Waals surface area contributed by atoms with E-state index in [0.29, 0.717) is 35.7 Å². The molecule has 3 fully saturated rings. The lowest BCUT2D eigenvalue weighted by molar-refractivity contribution is -0.137. The second kappa shape index (κ2) is 12.0. The quantitative estimate of drug-likeness (QED) is 0.363. The Morgan fingerprint density at radius 1 is 1.20 bits per heavy atom. The van der Waals surface area contributed by atoms with Crippen LogP contribution in [0, 0.1) is 0 Å². The summed E-state index contributed by atoms with van der Waals surface area (Å²) < 4.78 is 79.6. The Hall–Kier alpha value is -3.31. The van der Waals surface area contributed by atoms with Crippen molar-refractivity contribution in [3.8, 4) is 10.6 Å². The Labute approximate surface area is 268 Å². The Morgan fingerprint density at radius 3 is 2.70 bits per heavy atom. The molecule has 2 saturated heterocycles. The summed E-state index contributed by atoms with van der Waals surface area (Å²) in [6.45, 7) is 3.59. The van der Waals surface area contributed by atoms with Crippen molar-refractivity contribution in [2.45, 2.75) is 41.9 Å². The number of hydrogen-bond donors (Lipinski definition) is 2. The lowest BCUT2D eigenvalue weighted by atomic mass is 10.1. The van der Waals surface area contributed by atoms with Crippen LogP contribution < -0.4 is 15.5 Å². The van der Waals surface area contributed by atoms with Crippen LogP contribution in [0.2, 0.25) is 0 Å². The van der Waals surface area contributed by atoms with Crippen LogP contribution in [0.3, 0.4) is 0 Å². The fourth-order valence-electron chi connectivity index (χ4n) is 6.11. The monoisotopic (exact) mass is 678 g/mol. The number of thiophene rings is 1. The summed E-state index contributed by atoms with van der Waals surface area (Å²) in [6.07, 6.45) is -2.12. The van der Waals surface area contributed by atoms with Gasteiger partial charge in [-0.25, -0.2) is 18.4 Å². The Balaban J connectivity index is 1.23. The van der Waals surface area contributed by atoms with E-state index in [-0.39, 0.29) is 58.2 Å². The van der Waals surface area contributed by atoms with Gasteiger partial charge in [0.2, 0.25) is 5.95 Å². The number of benzene rings is 1. The number of carbonyl (C=O) groups is 1. The highest BCUT2D eigenvalue weighted by molar-refractivity contribution is 7.91. The van der Waals surface area contributed by atoms with Crippen molar-refractivity contribution in [1.29, 1.82) is 0 Å². The zero-order valence-corrected chi connectivity index (χ0v) is 26.6. The largest absolute Gasteiger partial charge is 0.420 e. The van der Waals surface area contributed by atoms with Crippen molar-refractivity contribution in [3.63, 3.8) is 0 Å². The summed E-state index contributed by atoms with van der Waals surface area (Å²) >= 11 is 0.704. The van der Waals surface area contributed by atoms with Crippen molar-refractivity contribution in [1.82, 2.24) is 20.2 Å². The number of carbonyl (C=O) groups excluding carboxylic acids is 1. The maximum atomic E-state index is 14.2. The van der Waals surface area contributed by atoms with Crippen molar-refractivity contribution in [2.24, 2.45) is 0 Å². The van der Waals surface area contributed by atoms with Crippen LogP contribution in [0.25, 0.3) is 10.6 Å². The normalized spacial score (nSPS) is 21.9. The van der Waals surface area contributed by atoms with Crippen LogP contribution in [0.15, 0.2) is 35.4 Å². The first kappa shape index (κ1) is 31.3. The summed E-state index contributed by atoms with van der Waals surface area (Å²) in [5, 5.41) is 6.58. The molecule has 11 nitrogen and oxygen atoms in total. The van der Waals surface area contributed by atoms with E-state index in [4.69, 9.17) is 9.47 Å². The van der Waals surface area contributed by atoms with Gasteiger partial charge < -0.3 is 29.9 Å². The molecule has 3 aliphatic heterocycles. The molecule has 1 amide bonds. The second-order valence-electron chi connectivity index (χ2n) is 12.0. The van der Waals surface area contributed by atoms with Gasteiger partial charge in [0.25, 0.3) is 5.91 Å². The van der Waals surface area contributed by atoms with E-state index in [0.717, 1.165) is 49.8 Å². The van der Waals surface area contributed by atoms with Gasteiger partial charge in [0.1, 0.15) is 10.4 Å². The number of nitrogens with one attached hydrogen (secondary N) is 2. The van der Waals surface area contributed by atoms with Gasteiger partial charge >= 0.3 is 6.18 Å². The molecule has 46 heavy (non-hydrogen) atoms. The number of hydrogen-bond acceptors (Lipinski definition) is 11. The summed E-state index contributed by atoms with van der Waals surface area (Å²) in [4.78, 5) is 25.0. The molecule has 246 valence electrons. The van der Waals surface area contributed by atoms with E-state index in [1.54, 1.807) is 7.11 Å². The molecule has 0 radical (unpaired) electrons. The number of alkyl halides is 3. The molecule has 2 N–H and O–H groups in total. The Bertz CT molecular complexity index is 1760. The van der Waals surface area contributed by atoms with Crippen LogP contribution in [-0.2, 0) is 25.5 Å². The lowest BCUT2D eigenvalue weighted by Gasteiger charge is -2.36. The molecule has 16 heteroatoms. The first-order valence-electron chi connectivity index (χ1n) is 15.1. The van der Waals surface area contributed by atoms with E-state index in [2.05, 4.69) is 31.6 Å². The Kier molecular flexibility index (Phi) is 8.20. The fourth-order valence-corrected chi connectivity index (χ4v) is 9.02. The molecule has 7 rings (SSSR count). The molecule has 1 saturated carbocycles. The number of aromatic nitrogens is 2. The average Bonchev–Trinajstić information content (AvgIpc) is 3.75. The van der Waals surface area contributed by atoms with E-state index in [1.165, 1.54) is 4.90 Å². The smallest absolute Gasteiger partial charge is 0.383 e. The van der Waals surface area contributed by atoms with Crippen molar-refractivity contribution < 1.29 is 35.9 Å². The van der Waals surface area contributed by atoms with Crippen LogP contribution in [0.4, 0.5) is 30.5 Å². The van der Waals surface area contributed by atoms with Gasteiger partial charge in [-0.15, -0.1) is 11.3 Å². The molecule has 2 aromatic heterocycles. The molecule has 0 spiro atoms. The van der Waals surface area contributed by atoms with Crippen LogP contribution in [0.5, 0.6) is 0 Å². The number of anilines is 3. The number of piperazine rings is 1. The number of halogens is 3. The molecule has 1 atom stereocenters. The van der Waals surface area contributed by atoms with Crippen molar-refractivity contribution in [2.75, 3.05) is 69.1 Å². The Morgan fingerprint density at radius 2 is 2.00 bits per heavy atom. The standard InChI is InChI=1S/C30H33F3N6O5S2/c1-43-14-18-13-38(7-6-34-18)19-4-5-23(21(10-19)17-2-3-17)36-29-35-12-22(30(31,32)33)26(37-29)24-11-25-27(45-24)28(40)39(20-15-44-16-20)8-9-46(25,41)42/h4-5,10-12,17-18,20,34H,2-3,6-9,13-16H2,1H3,(H,35,36,37). The third kappa shape index (κ3) is 6.08. The predicted octanol–water partition coefficient (Wildman–Crippen LogP) is 3.90. The molecule has 0 bridgehead atoms. The molecular formula is C30H33F3N6O5S2. The molecule has 4 aliphatic rings. The van der Waals surface area contributed by atoms with Crippen molar-refractivity contribution in [3.05, 3.63) is 46.5 Å². The zero-order chi connectivity index (χ0) is 32.2. The van der Waals surface area contributed by atoms with Gasteiger partial charge in [-0.1, -0.05) is 0 Å². The van der Waals surface area contributed by atoms with E-state index in [9.17, 15) is 26.4 Å². The molecule has 3 aromatic rings. The van der Waals surface area contributed by atoms with Gasteiger partial charge in [0.15, 0.2) is 9.84 Å². The van der Waals surface area contributed by atoms with E-state index in [1.807, 2.05) is 12.1 Å². The minimum Gasteiger partial charge on any atom is -0.383 e. The van der Waals surface area contributed by atoms with Crippen molar-refractivity contribution >= 4 is 44.4 Å². The average molecular weight is 679 g/mol. The number of ether oxygens (including phenoxy) is 2. The summed E-state index contributed by atoms with van der Waals surface area (Å²) in [7, 11) is -2.26. The first-order chi connectivity index (χ1) is 22.0. The zero-order valence-electron chi connectivity index (χ0n) is 25.0. The summed E-state index contributed by atoms with van der Waals surface area (Å²) in [5.41, 5.74) is 1.17. The van der Waals surface area contributed by atoms with Gasteiger partial charge in [-0.2, -0.15) is 13.2 Å². The minimum atomic E-state index is -4.82. The first-order valence-corrected chi connectivity index (χ1v) is 17.6. The number of rotatable bonds is 8. The topological polar surface area (TPSA) is 126 Å². The highest BCUT2D eigenvalue weighted by Gasteiger charge is 2.41. The molecule has 1 aliphatic carbocycles. The highest BCUT2D eigenvalue weighted by Crippen LogP contribution is 2.46. The van der Waals surface area contributed by atoms with Gasteiger partial charge in [0.05, 0.1) is 47.1 Å². The van der Waals surface area contributed by atoms with Crippen LogP contribution in [0.1, 0.15) is 39.6 Å². The number of amides is 1. The molecule has 1 unspecified atom stereocenters. The minimum absolute atomic E-state index is 0.00813. The number of sulfone groups is 1. The SMILES string of the molecule is COCC1CN(c2ccc(Nc3ncc(C(F)(F)F)c(-c4cc5c(s4)C(=O)N(C4COC4)CCS5(=O)=O)n3)c(C3CC3)c2)CCN1. The predicted molar refractivity (Wildman–Crippen MR) is 166 cm³/mol. The molecular weight excluding hydrogens is 645 g/mol. The maximum Gasteiger partial charge on any atom is 0.420 e. The second-order valence-corrected chi connectivity index (χ2v) is 15.1. The third-order valence-electron chi connectivity index (χ3n) is 8.77. The van der Waals surface area contributed by atoms with E-state index < -0.39 is 33.2 Å². The number of nitrogens with zero attached hydrogens (tertiary/aromatic N) is 4. The lowest BCUT2D eigenvalue weighted by Crippen LogP contribution is -2.52.